The standard InChI is InChI=1S/C21H20F2N6O2/c22-13-3-4-16(23)15(10-13)18-2-1-7-28(18)19-6-9-29-20(26-19)17(11-24-29)25-21(31)27-8-5-14(30)12-27/h3-4,6,9-11,18H,1-2,5,7-8,12H2,(H,25,31)/t18-/m1/s1. The van der Waals surface area contributed by atoms with E-state index in [1.165, 1.54) is 21.7 Å². The van der Waals surface area contributed by atoms with Crippen molar-refractivity contribution in [3.63, 3.8) is 0 Å². The summed E-state index contributed by atoms with van der Waals surface area (Å²) in [6, 6.07) is 4.54. The number of carbonyl (C=O) groups is 2. The highest BCUT2D eigenvalue weighted by Crippen LogP contribution is 2.37. The van der Waals surface area contributed by atoms with Gasteiger partial charge in [-0.1, -0.05) is 0 Å². The number of likely N-dealkylation sites (tertiary alicyclic amines) is 1. The summed E-state index contributed by atoms with van der Waals surface area (Å²) in [5.74, 6) is -0.309. The van der Waals surface area contributed by atoms with Gasteiger partial charge in [0.25, 0.3) is 0 Å². The lowest BCUT2D eigenvalue weighted by Gasteiger charge is -2.26. The van der Waals surface area contributed by atoms with Crippen LogP contribution in [-0.4, -0.2) is 50.9 Å². The molecular weight excluding hydrogens is 406 g/mol. The molecule has 0 unspecified atom stereocenters. The molecule has 2 fully saturated rings. The van der Waals surface area contributed by atoms with Crippen LogP contribution in [0.15, 0.2) is 36.7 Å². The van der Waals surface area contributed by atoms with E-state index in [0.717, 1.165) is 18.6 Å². The Bertz CT molecular complexity index is 1180. The number of anilines is 2. The van der Waals surface area contributed by atoms with Gasteiger partial charge in [-0.2, -0.15) is 5.10 Å². The summed E-state index contributed by atoms with van der Waals surface area (Å²) in [6.45, 7) is 1.13. The van der Waals surface area contributed by atoms with Crippen molar-refractivity contribution in [2.24, 2.45) is 0 Å². The van der Waals surface area contributed by atoms with E-state index < -0.39 is 11.6 Å². The van der Waals surface area contributed by atoms with Crippen LogP contribution in [0, 0.1) is 11.6 Å². The van der Waals surface area contributed by atoms with Crippen molar-refractivity contribution in [1.82, 2.24) is 19.5 Å². The Kier molecular flexibility index (Phi) is 4.76. The molecule has 10 heteroatoms. The lowest BCUT2D eigenvalue weighted by Crippen LogP contribution is -2.33. The second-order valence-electron chi connectivity index (χ2n) is 7.77. The number of rotatable bonds is 3. The average Bonchev–Trinajstić information content (AvgIpc) is 3.49. The molecule has 4 heterocycles. The second-order valence-corrected chi connectivity index (χ2v) is 7.77. The SMILES string of the molecule is O=C1CCN(C(=O)Nc2cnn3ccc(N4CCC[C@@H]4c4cc(F)ccc4F)nc23)C1. The van der Waals surface area contributed by atoms with Gasteiger partial charge >= 0.3 is 6.03 Å². The van der Waals surface area contributed by atoms with Crippen LogP contribution in [0.5, 0.6) is 0 Å². The van der Waals surface area contributed by atoms with Crippen LogP contribution in [0.3, 0.4) is 0 Å². The van der Waals surface area contributed by atoms with E-state index in [-0.39, 0.29) is 24.4 Å². The van der Waals surface area contributed by atoms with Crippen LogP contribution in [0.2, 0.25) is 0 Å². The summed E-state index contributed by atoms with van der Waals surface area (Å²) in [7, 11) is 0. The zero-order valence-electron chi connectivity index (χ0n) is 16.6. The largest absolute Gasteiger partial charge is 0.349 e. The molecule has 0 saturated carbocycles. The number of Topliss-reactive ketones (excluding diaryl/α,β-unsaturated/α-hetero) is 1. The van der Waals surface area contributed by atoms with Crippen LogP contribution in [0.25, 0.3) is 5.65 Å². The third kappa shape index (κ3) is 3.58. The zero-order chi connectivity index (χ0) is 21.5. The van der Waals surface area contributed by atoms with E-state index in [9.17, 15) is 18.4 Å². The first-order valence-corrected chi connectivity index (χ1v) is 10.1. The molecule has 0 spiro atoms. The van der Waals surface area contributed by atoms with Crippen molar-refractivity contribution in [2.45, 2.75) is 25.3 Å². The van der Waals surface area contributed by atoms with Gasteiger partial charge in [0.05, 0.1) is 18.8 Å². The highest BCUT2D eigenvalue weighted by Gasteiger charge is 2.30. The molecule has 1 aromatic carbocycles. The van der Waals surface area contributed by atoms with Gasteiger partial charge in [0.2, 0.25) is 0 Å². The van der Waals surface area contributed by atoms with Gasteiger partial charge in [0.15, 0.2) is 11.4 Å². The number of aromatic nitrogens is 3. The Morgan fingerprint density at radius 1 is 1.19 bits per heavy atom. The number of halogens is 2. The van der Waals surface area contributed by atoms with Crippen LogP contribution in [-0.2, 0) is 4.79 Å². The molecule has 2 amide bonds. The number of nitrogens with one attached hydrogen (secondary N) is 1. The Balaban J connectivity index is 1.44. The first kappa shape index (κ1) is 19.4. The second kappa shape index (κ2) is 7.60. The summed E-state index contributed by atoms with van der Waals surface area (Å²) in [5.41, 5.74) is 1.15. The Hall–Kier alpha value is -3.56. The van der Waals surface area contributed by atoms with E-state index in [1.54, 1.807) is 12.3 Å². The monoisotopic (exact) mass is 426 g/mol. The molecule has 160 valence electrons. The van der Waals surface area contributed by atoms with E-state index in [2.05, 4.69) is 15.4 Å². The molecule has 0 bridgehead atoms. The topological polar surface area (TPSA) is 82.8 Å². The van der Waals surface area contributed by atoms with Crippen LogP contribution >= 0.6 is 0 Å². The normalized spacial score (nSPS) is 18.9. The molecule has 8 nitrogen and oxygen atoms in total. The molecule has 1 N–H and O–H groups in total. The minimum atomic E-state index is -0.479. The number of fused-ring (bicyclic) bond motifs is 1. The minimum absolute atomic E-state index is 0.0279. The maximum Gasteiger partial charge on any atom is 0.322 e. The van der Waals surface area contributed by atoms with E-state index in [1.807, 2.05) is 4.90 Å². The molecule has 2 aromatic heterocycles. The van der Waals surface area contributed by atoms with Crippen molar-refractivity contribution in [3.05, 3.63) is 53.9 Å². The first-order chi connectivity index (χ1) is 15.0. The number of benzene rings is 1. The van der Waals surface area contributed by atoms with Crippen molar-refractivity contribution in [2.75, 3.05) is 29.9 Å². The van der Waals surface area contributed by atoms with Gasteiger partial charge in [-0.25, -0.2) is 23.1 Å². The molecule has 0 aliphatic carbocycles. The predicted octanol–water partition coefficient (Wildman–Crippen LogP) is 3.16. The molecule has 31 heavy (non-hydrogen) atoms. The smallest absolute Gasteiger partial charge is 0.322 e. The number of amides is 2. The maximum absolute atomic E-state index is 14.4. The molecule has 0 radical (unpaired) electrons. The highest BCUT2D eigenvalue weighted by atomic mass is 19.1. The summed E-state index contributed by atoms with van der Waals surface area (Å²) >= 11 is 0. The molecular formula is C21H20F2N6O2. The Morgan fingerprint density at radius 3 is 2.87 bits per heavy atom. The number of urea groups is 1. The number of hydrogen-bond acceptors (Lipinski definition) is 5. The van der Waals surface area contributed by atoms with Crippen molar-refractivity contribution >= 4 is 29.0 Å². The van der Waals surface area contributed by atoms with Gasteiger partial charge in [0, 0.05) is 31.3 Å². The third-order valence-corrected chi connectivity index (χ3v) is 5.78. The molecule has 3 aromatic rings. The third-order valence-electron chi connectivity index (χ3n) is 5.78. The van der Waals surface area contributed by atoms with Gasteiger partial charge in [-0.3, -0.25) is 4.79 Å². The van der Waals surface area contributed by atoms with Gasteiger partial charge < -0.3 is 15.1 Å². The average molecular weight is 426 g/mol. The fraction of sp³-hybridized carbons (Fsp3) is 0.333. The zero-order valence-corrected chi connectivity index (χ0v) is 16.6. The number of hydrogen-bond donors (Lipinski definition) is 1. The predicted molar refractivity (Wildman–Crippen MR) is 109 cm³/mol. The Morgan fingerprint density at radius 2 is 2.06 bits per heavy atom. The van der Waals surface area contributed by atoms with Gasteiger partial charge in [-0.15, -0.1) is 0 Å². The van der Waals surface area contributed by atoms with Gasteiger partial charge in [0.1, 0.15) is 23.1 Å². The summed E-state index contributed by atoms with van der Waals surface area (Å²) in [6.07, 6.45) is 5.07. The maximum atomic E-state index is 14.4. The fourth-order valence-electron chi connectivity index (χ4n) is 4.24. The summed E-state index contributed by atoms with van der Waals surface area (Å²) < 4.78 is 29.7. The van der Waals surface area contributed by atoms with Gasteiger partial charge in [-0.05, 0) is 37.1 Å². The minimum Gasteiger partial charge on any atom is -0.349 e. The molecule has 5 rings (SSSR count). The fourth-order valence-corrected chi connectivity index (χ4v) is 4.24. The van der Waals surface area contributed by atoms with E-state index in [4.69, 9.17) is 0 Å². The molecule has 2 aliphatic heterocycles. The van der Waals surface area contributed by atoms with Crippen molar-refractivity contribution in [3.8, 4) is 0 Å². The quantitative estimate of drug-likeness (QED) is 0.696. The highest BCUT2D eigenvalue weighted by molar-refractivity contribution is 5.97. The Labute approximate surface area is 176 Å². The number of ketones is 1. The summed E-state index contributed by atoms with van der Waals surface area (Å²) in [4.78, 5) is 31.9. The molecule has 2 aliphatic rings. The number of carbonyl (C=O) groups excluding carboxylic acids is 2. The van der Waals surface area contributed by atoms with Crippen molar-refractivity contribution < 1.29 is 18.4 Å². The van der Waals surface area contributed by atoms with E-state index in [0.29, 0.717) is 48.6 Å². The lowest BCUT2D eigenvalue weighted by molar-refractivity contribution is -0.116. The van der Waals surface area contributed by atoms with Crippen LogP contribution in [0.4, 0.5) is 25.1 Å². The summed E-state index contributed by atoms with van der Waals surface area (Å²) in [5, 5.41) is 6.98. The van der Waals surface area contributed by atoms with Crippen molar-refractivity contribution in [1.29, 1.82) is 0 Å². The van der Waals surface area contributed by atoms with Crippen LogP contribution in [0.1, 0.15) is 30.9 Å². The van der Waals surface area contributed by atoms with E-state index >= 15 is 0 Å². The van der Waals surface area contributed by atoms with Crippen LogP contribution < -0.4 is 10.2 Å². The first-order valence-electron chi connectivity index (χ1n) is 10.1. The lowest BCUT2D eigenvalue weighted by atomic mass is 10.0. The molecule has 2 saturated heterocycles. The molecule has 1 atom stereocenters. The number of nitrogens with zero attached hydrogens (tertiary/aromatic N) is 5.